The monoisotopic (exact) mass is 279 g/mol. The predicted octanol–water partition coefficient (Wildman–Crippen LogP) is 1.37. The quantitative estimate of drug-likeness (QED) is 0.766. The number of methoxy groups -OCH3 is 1. The molecule has 0 saturated carbocycles. The Morgan fingerprint density at radius 1 is 1.25 bits per heavy atom. The number of nitrogens with zero attached hydrogens (tertiary/aromatic N) is 3. The zero-order chi connectivity index (χ0) is 14.2. The van der Waals surface area contributed by atoms with Crippen molar-refractivity contribution < 1.29 is 9.53 Å². The van der Waals surface area contributed by atoms with Gasteiger partial charge in [-0.3, -0.25) is 0 Å². The maximum Gasteiger partial charge on any atom is 0.320 e. The van der Waals surface area contributed by atoms with Gasteiger partial charge in [0.15, 0.2) is 0 Å². The fraction of sp³-hybridized carbons (Fsp3) is 0.800. The number of hydrogen-bond donors (Lipinski definition) is 0. The van der Waals surface area contributed by atoms with Crippen LogP contribution in [0.4, 0.5) is 4.79 Å². The number of rotatable bonds is 2. The fourth-order valence-electron chi connectivity index (χ4n) is 3.66. The normalized spacial score (nSPS) is 25.9. The lowest BCUT2D eigenvalue weighted by molar-refractivity contribution is -0.0434. The highest BCUT2D eigenvalue weighted by atomic mass is 16.5. The van der Waals surface area contributed by atoms with Crippen LogP contribution in [-0.2, 0) is 4.74 Å². The molecule has 5 nitrogen and oxygen atoms in total. The van der Waals surface area contributed by atoms with Gasteiger partial charge in [0.1, 0.15) is 0 Å². The zero-order valence-electron chi connectivity index (χ0n) is 12.4. The number of amides is 2. The van der Waals surface area contributed by atoms with Gasteiger partial charge < -0.3 is 19.4 Å². The number of carbonyl (C=O) groups excluding carboxylic acids is 1. The minimum atomic E-state index is 0.193. The molecule has 112 valence electrons. The van der Waals surface area contributed by atoms with Gasteiger partial charge in [0, 0.05) is 38.7 Å². The van der Waals surface area contributed by atoms with E-state index >= 15 is 0 Å². The minimum Gasteiger partial charge on any atom is -0.378 e. The first-order valence-corrected chi connectivity index (χ1v) is 7.59. The highest BCUT2D eigenvalue weighted by molar-refractivity contribution is 5.76. The number of hydrogen-bond acceptors (Lipinski definition) is 3. The Balaban J connectivity index is 1.52. The highest BCUT2D eigenvalue weighted by Crippen LogP contribution is 2.39. The SMILES string of the molecule is C=CN1CCCCC2(C1)CN(C(=O)N1CC(OC)C1)C2. The van der Waals surface area contributed by atoms with Crippen LogP contribution in [0.5, 0.6) is 0 Å². The molecule has 3 saturated heterocycles. The topological polar surface area (TPSA) is 36.0 Å². The lowest BCUT2D eigenvalue weighted by atomic mass is 9.76. The first kappa shape index (κ1) is 13.7. The smallest absolute Gasteiger partial charge is 0.320 e. The molecule has 3 aliphatic rings. The van der Waals surface area contributed by atoms with Crippen molar-refractivity contribution in [3.05, 3.63) is 12.8 Å². The summed E-state index contributed by atoms with van der Waals surface area (Å²) in [5.41, 5.74) is 0.311. The van der Waals surface area contributed by atoms with E-state index in [2.05, 4.69) is 11.5 Å². The highest BCUT2D eigenvalue weighted by Gasteiger charge is 2.48. The summed E-state index contributed by atoms with van der Waals surface area (Å²) in [7, 11) is 1.71. The van der Waals surface area contributed by atoms with Crippen LogP contribution < -0.4 is 0 Å². The lowest BCUT2D eigenvalue weighted by Crippen LogP contribution is -2.67. The molecule has 20 heavy (non-hydrogen) atoms. The molecule has 0 radical (unpaired) electrons. The van der Waals surface area contributed by atoms with E-state index in [9.17, 15) is 4.79 Å². The van der Waals surface area contributed by atoms with Crippen LogP contribution in [0.2, 0.25) is 0 Å². The molecule has 0 aromatic rings. The molecule has 3 fully saturated rings. The second-order valence-corrected chi connectivity index (χ2v) is 6.51. The summed E-state index contributed by atoms with van der Waals surface area (Å²) in [6.07, 6.45) is 5.94. The maximum absolute atomic E-state index is 12.3. The molecule has 3 heterocycles. The summed E-state index contributed by atoms with van der Waals surface area (Å²) >= 11 is 0. The van der Waals surface area contributed by atoms with E-state index in [0.29, 0.717) is 5.41 Å². The second kappa shape index (κ2) is 5.28. The number of carbonyl (C=O) groups is 1. The number of ether oxygens (including phenoxy) is 1. The van der Waals surface area contributed by atoms with E-state index in [-0.39, 0.29) is 12.1 Å². The van der Waals surface area contributed by atoms with Gasteiger partial charge >= 0.3 is 6.03 Å². The van der Waals surface area contributed by atoms with Crippen molar-refractivity contribution >= 4 is 6.03 Å². The minimum absolute atomic E-state index is 0.193. The molecular weight excluding hydrogens is 254 g/mol. The van der Waals surface area contributed by atoms with Gasteiger partial charge in [-0.15, -0.1) is 0 Å². The van der Waals surface area contributed by atoms with Gasteiger partial charge in [-0.2, -0.15) is 0 Å². The van der Waals surface area contributed by atoms with E-state index < -0.39 is 0 Å². The van der Waals surface area contributed by atoms with Crippen LogP contribution >= 0.6 is 0 Å². The van der Waals surface area contributed by atoms with E-state index in [0.717, 1.165) is 39.3 Å². The number of likely N-dealkylation sites (tertiary alicyclic amines) is 3. The molecule has 0 aromatic carbocycles. The molecule has 0 aliphatic carbocycles. The average Bonchev–Trinajstić information content (AvgIpc) is 2.57. The van der Waals surface area contributed by atoms with Crippen molar-refractivity contribution in [2.45, 2.75) is 25.4 Å². The lowest BCUT2D eigenvalue weighted by Gasteiger charge is -2.53. The Kier molecular flexibility index (Phi) is 3.63. The van der Waals surface area contributed by atoms with Crippen LogP contribution in [0.15, 0.2) is 12.8 Å². The second-order valence-electron chi connectivity index (χ2n) is 6.51. The van der Waals surface area contributed by atoms with Gasteiger partial charge in [-0.05, 0) is 19.0 Å². The third-order valence-corrected chi connectivity index (χ3v) is 4.97. The van der Waals surface area contributed by atoms with Gasteiger partial charge in [0.05, 0.1) is 19.2 Å². The first-order valence-electron chi connectivity index (χ1n) is 7.59. The Labute approximate surface area is 121 Å². The van der Waals surface area contributed by atoms with E-state index in [1.807, 2.05) is 16.0 Å². The van der Waals surface area contributed by atoms with Crippen molar-refractivity contribution in [3.8, 4) is 0 Å². The molecule has 0 bridgehead atoms. The van der Waals surface area contributed by atoms with Crippen molar-refractivity contribution in [1.82, 2.24) is 14.7 Å². The summed E-state index contributed by atoms with van der Waals surface area (Å²) in [4.78, 5) is 18.5. The Morgan fingerprint density at radius 3 is 2.65 bits per heavy atom. The molecule has 3 aliphatic heterocycles. The summed E-state index contributed by atoms with van der Waals surface area (Å²) in [5, 5.41) is 0. The molecule has 0 aromatic heterocycles. The summed E-state index contributed by atoms with van der Waals surface area (Å²) < 4.78 is 5.22. The van der Waals surface area contributed by atoms with Crippen LogP contribution in [0.1, 0.15) is 19.3 Å². The summed E-state index contributed by atoms with van der Waals surface area (Å²) in [5.74, 6) is 0. The van der Waals surface area contributed by atoms with E-state index in [1.54, 1.807) is 7.11 Å². The molecule has 1 spiro atoms. The maximum atomic E-state index is 12.3. The van der Waals surface area contributed by atoms with Gasteiger partial charge in [0.25, 0.3) is 0 Å². The Morgan fingerprint density at radius 2 is 2.00 bits per heavy atom. The van der Waals surface area contributed by atoms with Crippen LogP contribution in [0.3, 0.4) is 0 Å². The third kappa shape index (κ3) is 2.39. The largest absolute Gasteiger partial charge is 0.378 e. The molecule has 3 rings (SSSR count). The number of urea groups is 1. The van der Waals surface area contributed by atoms with Gasteiger partial charge in [-0.25, -0.2) is 4.79 Å². The molecule has 0 unspecified atom stereocenters. The fourth-order valence-corrected chi connectivity index (χ4v) is 3.66. The molecule has 0 N–H and O–H groups in total. The van der Waals surface area contributed by atoms with Crippen LogP contribution in [-0.4, -0.2) is 73.2 Å². The van der Waals surface area contributed by atoms with Crippen LogP contribution in [0.25, 0.3) is 0 Å². The van der Waals surface area contributed by atoms with Crippen molar-refractivity contribution in [2.24, 2.45) is 5.41 Å². The summed E-state index contributed by atoms with van der Waals surface area (Å²) in [6.45, 7) is 9.37. The molecule has 2 amide bonds. The van der Waals surface area contributed by atoms with Crippen molar-refractivity contribution in [2.75, 3.05) is 46.4 Å². The van der Waals surface area contributed by atoms with E-state index in [4.69, 9.17) is 4.74 Å². The summed E-state index contributed by atoms with van der Waals surface area (Å²) in [6, 6.07) is 0.193. The van der Waals surface area contributed by atoms with Crippen molar-refractivity contribution in [3.63, 3.8) is 0 Å². The van der Waals surface area contributed by atoms with Crippen molar-refractivity contribution in [1.29, 1.82) is 0 Å². The molecular formula is C15H25N3O2. The van der Waals surface area contributed by atoms with Gasteiger partial charge in [0.2, 0.25) is 0 Å². The Bertz CT molecular complexity index is 387. The Hall–Kier alpha value is -1.23. The molecule has 5 heteroatoms. The predicted molar refractivity (Wildman–Crippen MR) is 77.4 cm³/mol. The molecule has 0 atom stereocenters. The zero-order valence-corrected chi connectivity index (χ0v) is 12.4. The first-order chi connectivity index (χ1) is 9.65. The van der Waals surface area contributed by atoms with Gasteiger partial charge in [-0.1, -0.05) is 13.0 Å². The third-order valence-electron chi connectivity index (χ3n) is 4.97. The average molecular weight is 279 g/mol. The van der Waals surface area contributed by atoms with E-state index in [1.165, 1.54) is 19.3 Å². The van der Waals surface area contributed by atoms with Crippen LogP contribution in [0, 0.1) is 5.41 Å². The standard InChI is InChI=1S/C15H25N3O2/c1-3-16-7-5-4-6-15(10-16)11-18(12-15)14(19)17-8-13(9-17)20-2/h3,13H,1,4-12H2,2H3.